The Balaban J connectivity index is 3.22. The Morgan fingerprint density at radius 3 is 2.19 bits per heavy atom. The highest BCUT2D eigenvalue weighted by atomic mass is 32.2. The molecule has 5 heteroatoms. The van der Waals surface area contributed by atoms with Gasteiger partial charge in [0.25, 0.3) is 0 Å². The van der Waals surface area contributed by atoms with E-state index in [1.165, 1.54) is 11.3 Å². The molecule has 0 bridgehead atoms. The van der Waals surface area contributed by atoms with E-state index in [9.17, 15) is 13.5 Å². The maximum atomic E-state index is 11.6. The molecule has 3 nitrogen and oxygen atoms in total. The molecule has 0 aliphatic rings. The summed E-state index contributed by atoms with van der Waals surface area (Å²) >= 11 is 1.45. The largest absolute Gasteiger partial charge is 0.386 e. The molecule has 0 saturated heterocycles. The monoisotopic (exact) mass is 262 g/mol. The summed E-state index contributed by atoms with van der Waals surface area (Å²) < 4.78 is 22.1. The van der Waals surface area contributed by atoms with Gasteiger partial charge in [0.2, 0.25) is 0 Å². The lowest BCUT2D eigenvalue weighted by molar-refractivity contribution is 0.142. The SMILES string of the molecule is Cc1cc(C)c(C(O)C(C)(C)S(C)(=O)=O)s1. The van der Waals surface area contributed by atoms with Gasteiger partial charge in [-0.25, -0.2) is 8.42 Å². The Kier molecular flexibility index (Phi) is 3.53. The Morgan fingerprint density at radius 2 is 1.88 bits per heavy atom. The first-order valence-electron chi connectivity index (χ1n) is 5.02. The van der Waals surface area contributed by atoms with Crippen LogP contribution in [0.15, 0.2) is 6.07 Å². The van der Waals surface area contributed by atoms with Crippen molar-refractivity contribution in [3.05, 3.63) is 21.4 Å². The van der Waals surface area contributed by atoms with Crippen LogP contribution in [0.5, 0.6) is 0 Å². The first-order valence-corrected chi connectivity index (χ1v) is 7.72. The van der Waals surface area contributed by atoms with Crippen molar-refractivity contribution in [2.75, 3.05) is 6.26 Å². The molecule has 1 N–H and O–H groups in total. The van der Waals surface area contributed by atoms with E-state index in [0.717, 1.165) is 21.6 Å². The second-order valence-electron chi connectivity index (χ2n) is 4.68. The first kappa shape index (κ1) is 13.7. The van der Waals surface area contributed by atoms with E-state index in [2.05, 4.69) is 0 Å². The lowest BCUT2D eigenvalue weighted by Gasteiger charge is -2.28. The van der Waals surface area contributed by atoms with Gasteiger partial charge in [0.15, 0.2) is 9.84 Å². The van der Waals surface area contributed by atoms with Crippen molar-refractivity contribution in [2.45, 2.75) is 38.5 Å². The van der Waals surface area contributed by atoms with Crippen molar-refractivity contribution in [3.63, 3.8) is 0 Å². The van der Waals surface area contributed by atoms with Crippen LogP contribution in [0.4, 0.5) is 0 Å². The molecule has 0 aliphatic carbocycles. The van der Waals surface area contributed by atoms with Crippen LogP contribution < -0.4 is 0 Å². The molecule has 0 spiro atoms. The van der Waals surface area contributed by atoms with Crippen LogP contribution in [-0.4, -0.2) is 24.5 Å². The molecule has 0 aromatic carbocycles. The fourth-order valence-corrected chi connectivity index (χ4v) is 3.26. The number of hydrogen-bond acceptors (Lipinski definition) is 4. The maximum absolute atomic E-state index is 11.6. The summed E-state index contributed by atoms with van der Waals surface area (Å²) in [6.45, 7) is 6.95. The average molecular weight is 262 g/mol. The molecular weight excluding hydrogens is 244 g/mol. The number of hydrogen-bond donors (Lipinski definition) is 1. The average Bonchev–Trinajstić information content (AvgIpc) is 2.41. The van der Waals surface area contributed by atoms with Crippen LogP contribution in [0.25, 0.3) is 0 Å². The highest BCUT2D eigenvalue weighted by molar-refractivity contribution is 7.92. The van der Waals surface area contributed by atoms with E-state index in [0.29, 0.717) is 0 Å². The third-order valence-electron chi connectivity index (χ3n) is 2.94. The Labute approximate surface area is 101 Å². The molecule has 1 aromatic rings. The van der Waals surface area contributed by atoms with Gasteiger partial charge in [-0.2, -0.15) is 0 Å². The van der Waals surface area contributed by atoms with E-state index in [-0.39, 0.29) is 0 Å². The minimum absolute atomic E-state index is 0.743. The van der Waals surface area contributed by atoms with E-state index < -0.39 is 20.7 Å². The standard InChI is InChI=1S/C11H18O3S2/c1-7-6-8(2)15-9(7)10(12)11(3,4)16(5,13)14/h6,10,12H,1-5H3. The van der Waals surface area contributed by atoms with Gasteiger partial charge in [-0.15, -0.1) is 11.3 Å². The molecule has 0 aliphatic heterocycles. The molecule has 0 radical (unpaired) electrons. The molecule has 1 aromatic heterocycles. The maximum Gasteiger partial charge on any atom is 0.155 e. The molecule has 1 rings (SSSR count). The molecule has 0 fully saturated rings. The minimum Gasteiger partial charge on any atom is -0.386 e. The van der Waals surface area contributed by atoms with E-state index >= 15 is 0 Å². The third kappa shape index (κ3) is 2.31. The van der Waals surface area contributed by atoms with Gasteiger partial charge in [-0.3, -0.25) is 0 Å². The molecule has 0 amide bonds. The van der Waals surface area contributed by atoms with E-state index in [4.69, 9.17) is 0 Å². The van der Waals surface area contributed by atoms with Gasteiger partial charge in [0, 0.05) is 16.0 Å². The lowest BCUT2D eigenvalue weighted by atomic mass is 10.0. The zero-order chi connectivity index (χ0) is 12.7. The summed E-state index contributed by atoms with van der Waals surface area (Å²) in [7, 11) is -3.30. The number of sulfone groups is 1. The summed E-state index contributed by atoms with van der Waals surface area (Å²) in [5.41, 5.74) is 0.951. The van der Waals surface area contributed by atoms with Crippen LogP contribution in [0.2, 0.25) is 0 Å². The topological polar surface area (TPSA) is 54.4 Å². The fourth-order valence-electron chi connectivity index (χ4n) is 1.45. The second kappa shape index (κ2) is 4.13. The molecule has 0 saturated carbocycles. The Bertz CT molecular complexity index is 483. The van der Waals surface area contributed by atoms with Gasteiger partial charge in [0.05, 0.1) is 4.75 Å². The molecule has 1 unspecified atom stereocenters. The van der Waals surface area contributed by atoms with Crippen molar-refractivity contribution in [1.29, 1.82) is 0 Å². The number of rotatable bonds is 3. The lowest BCUT2D eigenvalue weighted by Crippen LogP contribution is -2.37. The third-order valence-corrected chi connectivity index (χ3v) is 6.28. The number of aliphatic hydroxyl groups is 1. The summed E-state index contributed by atoms with van der Waals surface area (Å²) in [5, 5.41) is 10.2. The van der Waals surface area contributed by atoms with Crippen LogP contribution in [0.3, 0.4) is 0 Å². The number of thiophene rings is 1. The zero-order valence-electron chi connectivity index (χ0n) is 10.2. The van der Waals surface area contributed by atoms with Crippen LogP contribution in [-0.2, 0) is 9.84 Å². The molecule has 1 atom stereocenters. The zero-order valence-corrected chi connectivity index (χ0v) is 11.9. The fraction of sp³-hybridized carbons (Fsp3) is 0.636. The summed E-state index contributed by atoms with van der Waals surface area (Å²) in [6, 6.07) is 1.96. The Hall–Kier alpha value is -0.390. The van der Waals surface area contributed by atoms with Gasteiger partial charge in [-0.05, 0) is 39.3 Å². The smallest absolute Gasteiger partial charge is 0.155 e. The quantitative estimate of drug-likeness (QED) is 0.908. The first-order chi connectivity index (χ1) is 7.07. The van der Waals surface area contributed by atoms with E-state index in [1.54, 1.807) is 13.8 Å². The number of aryl methyl sites for hydroxylation is 2. The predicted octanol–water partition coefficient (Wildman–Crippen LogP) is 2.22. The summed E-state index contributed by atoms with van der Waals surface area (Å²) in [4.78, 5) is 1.82. The predicted molar refractivity (Wildman–Crippen MR) is 67.7 cm³/mol. The minimum atomic E-state index is -3.30. The van der Waals surface area contributed by atoms with Crippen molar-refractivity contribution in [3.8, 4) is 0 Å². The van der Waals surface area contributed by atoms with Crippen LogP contribution >= 0.6 is 11.3 Å². The number of aliphatic hydroxyl groups excluding tert-OH is 1. The Morgan fingerprint density at radius 1 is 1.38 bits per heavy atom. The molecule has 1 heterocycles. The highest BCUT2D eigenvalue weighted by Crippen LogP contribution is 2.37. The van der Waals surface area contributed by atoms with E-state index in [1.807, 2.05) is 19.9 Å². The summed E-state index contributed by atoms with van der Waals surface area (Å²) in [5.74, 6) is 0. The van der Waals surface area contributed by atoms with Crippen molar-refractivity contribution < 1.29 is 13.5 Å². The molecule has 16 heavy (non-hydrogen) atoms. The van der Waals surface area contributed by atoms with Crippen LogP contribution in [0.1, 0.15) is 35.3 Å². The second-order valence-corrected chi connectivity index (χ2v) is 8.57. The van der Waals surface area contributed by atoms with Crippen LogP contribution in [0, 0.1) is 13.8 Å². The summed E-state index contributed by atoms with van der Waals surface area (Å²) in [6.07, 6.45) is 0.188. The van der Waals surface area contributed by atoms with Crippen molar-refractivity contribution >= 4 is 21.2 Å². The molecular formula is C11H18O3S2. The molecule has 92 valence electrons. The van der Waals surface area contributed by atoms with Gasteiger partial charge < -0.3 is 5.11 Å². The normalized spacial score (nSPS) is 15.1. The highest BCUT2D eigenvalue weighted by Gasteiger charge is 2.40. The van der Waals surface area contributed by atoms with Crippen molar-refractivity contribution in [2.24, 2.45) is 0 Å². The van der Waals surface area contributed by atoms with Gasteiger partial charge in [0.1, 0.15) is 6.10 Å². The van der Waals surface area contributed by atoms with Gasteiger partial charge in [-0.1, -0.05) is 0 Å². The van der Waals surface area contributed by atoms with Gasteiger partial charge >= 0.3 is 0 Å². The van der Waals surface area contributed by atoms with Crippen molar-refractivity contribution in [1.82, 2.24) is 0 Å².